The number of halogens is 2. The van der Waals surface area contributed by atoms with Crippen molar-refractivity contribution in [1.29, 1.82) is 0 Å². The first-order chi connectivity index (χ1) is 11.4. The van der Waals surface area contributed by atoms with Gasteiger partial charge in [-0.2, -0.15) is 0 Å². The molecule has 0 spiro atoms. The first-order valence-corrected chi connectivity index (χ1v) is 12.1. The molecule has 0 radical (unpaired) electrons. The molecule has 3 rings (SSSR count). The van der Waals surface area contributed by atoms with Gasteiger partial charge in [0.15, 0.2) is 14.7 Å². The van der Waals surface area contributed by atoms with Crippen molar-refractivity contribution in [3.8, 4) is 0 Å². The summed E-state index contributed by atoms with van der Waals surface area (Å²) in [6.45, 7) is 0. The summed E-state index contributed by atoms with van der Waals surface area (Å²) in [5.74, 6) is 0. The Morgan fingerprint density at radius 2 is 1.83 bits per heavy atom. The third kappa shape index (κ3) is 4.45. The number of thiol groups is 1. The Kier molecular flexibility index (Phi) is 6.11. The third-order valence-electron chi connectivity index (χ3n) is 4.15. The maximum atomic E-state index is 12.9. The summed E-state index contributed by atoms with van der Waals surface area (Å²) in [6, 6.07) is 8.19. The van der Waals surface area contributed by atoms with E-state index in [0.717, 1.165) is 29.1 Å². The minimum Gasteiger partial charge on any atom is -0.223 e. The zero-order valence-corrected chi connectivity index (χ0v) is 17.9. The highest BCUT2D eigenvalue weighted by molar-refractivity contribution is 9.10. The summed E-state index contributed by atoms with van der Waals surface area (Å²) in [4.78, 5) is 1.97. The molecule has 0 N–H and O–H groups in total. The number of allylic oxidation sites excluding steroid dienone is 3. The molecule has 0 aromatic heterocycles. The molecule has 2 nitrogen and oxygen atoms in total. The second-order valence-electron chi connectivity index (χ2n) is 5.94. The van der Waals surface area contributed by atoms with Gasteiger partial charge >= 0.3 is 0 Å². The van der Waals surface area contributed by atoms with E-state index in [9.17, 15) is 8.42 Å². The summed E-state index contributed by atoms with van der Waals surface area (Å²) < 4.78 is 26.8. The van der Waals surface area contributed by atoms with Crippen LogP contribution in [0.2, 0.25) is 0 Å². The van der Waals surface area contributed by atoms with Gasteiger partial charge in [0.2, 0.25) is 0 Å². The van der Waals surface area contributed by atoms with E-state index in [-0.39, 0.29) is 5.25 Å². The van der Waals surface area contributed by atoms with Crippen molar-refractivity contribution in [2.75, 3.05) is 0 Å². The minimum absolute atomic E-state index is 0.206. The quantitative estimate of drug-likeness (QED) is 0.264. The van der Waals surface area contributed by atoms with Crippen molar-refractivity contribution in [3.05, 3.63) is 64.0 Å². The van der Waals surface area contributed by atoms with Crippen molar-refractivity contribution < 1.29 is 8.42 Å². The fraction of sp³-hybridized carbons (Fsp3) is 0.333. The van der Waals surface area contributed by atoms with Crippen LogP contribution in [-0.4, -0.2) is 23.7 Å². The molecular weight excluding hydrogens is 472 g/mol. The fourth-order valence-corrected chi connectivity index (χ4v) is 6.53. The smallest absolute Gasteiger partial charge is 0.184 e. The molecule has 6 heteroatoms. The lowest BCUT2D eigenvalue weighted by Crippen LogP contribution is -2.25. The average Bonchev–Trinajstić information content (AvgIpc) is 2.58. The van der Waals surface area contributed by atoms with E-state index in [2.05, 4.69) is 44.0 Å². The molecule has 0 saturated carbocycles. The van der Waals surface area contributed by atoms with Crippen molar-refractivity contribution in [1.82, 2.24) is 0 Å². The molecular formula is C18H19Br2O2S2+. The maximum absolute atomic E-state index is 12.9. The molecule has 0 heterocycles. The Labute approximate surface area is 164 Å². The summed E-state index contributed by atoms with van der Waals surface area (Å²) in [5.41, 5.74) is 0. The van der Waals surface area contributed by atoms with Crippen LogP contribution in [0, 0.1) is 0 Å². The lowest BCUT2D eigenvalue weighted by molar-refractivity contribution is 0.585. The predicted octanol–water partition coefficient (Wildman–Crippen LogP) is 4.73. The molecule has 128 valence electrons. The highest BCUT2D eigenvalue weighted by atomic mass is 79.9. The largest absolute Gasteiger partial charge is 0.223 e. The molecule has 2 aliphatic rings. The molecule has 3 unspecified atom stereocenters. The number of hydrogen-bond donors (Lipinski definition) is 0. The average molecular weight is 491 g/mol. The maximum Gasteiger partial charge on any atom is 0.184 e. The second-order valence-corrected chi connectivity index (χ2v) is 11.6. The van der Waals surface area contributed by atoms with Crippen LogP contribution in [0.3, 0.4) is 0 Å². The summed E-state index contributed by atoms with van der Waals surface area (Å²) in [6.07, 6.45) is 11.9. The SMILES string of the molecule is O=S(=O)(C1=CC([SH+]c2ccc(Br)cc2)CC=C1)C1C=CC(Br)CC1. The summed E-state index contributed by atoms with van der Waals surface area (Å²) in [5, 5.41) is -0.192. The molecule has 0 amide bonds. The Balaban J connectivity index is 1.77. The topological polar surface area (TPSA) is 34.1 Å². The van der Waals surface area contributed by atoms with Crippen molar-refractivity contribution in [2.24, 2.45) is 0 Å². The van der Waals surface area contributed by atoms with Crippen LogP contribution < -0.4 is 0 Å². The van der Waals surface area contributed by atoms with Gasteiger partial charge in [0.25, 0.3) is 0 Å². The van der Waals surface area contributed by atoms with E-state index in [1.165, 1.54) is 4.90 Å². The number of rotatable bonds is 4. The van der Waals surface area contributed by atoms with E-state index < -0.39 is 15.1 Å². The van der Waals surface area contributed by atoms with Gasteiger partial charge in [0, 0.05) is 27.5 Å². The van der Waals surface area contributed by atoms with Crippen LogP contribution in [0.1, 0.15) is 19.3 Å². The van der Waals surface area contributed by atoms with Gasteiger partial charge in [-0.15, -0.1) is 0 Å². The zero-order chi connectivity index (χ0) is 17.2. The number of alkyl halides is 1. The highest BCUT2D eigenvalue weighted by Gasteiger charge is 2.31. The van der Waals surface area contributed by atoms with E-state index in [1.807, 2.05) is 36.4 Å². The van der Waals surface area contributed by atoms with E-state index in [1.54, 1.807) is 6.08 Å². The van der Waals surface area contributed by atoms with Crippen LogP contribution in [0.5, 0.6) is 0 Å². The van der Waals surface area contributed by atoms with Gasteiger partial charge in [0.1, 0.15) is 5.25 Å². The molecule has 1 aromatic carbocycles. The van der Waals surface area contributed by atoms with Gasteiger partial charge in [0.05, 0.1) is 10.2 Å². The van der Waals surface area contributed by atoms with Crippen LogP contribution in [-0.2, 0) is 21.6 Å². The van der Waals surface area contributed by atoms with Gasteiger partial charge in [-0.3, -0.25) is 0 Å². The molecule has 0 saturated heterocycles. The van der Waals surface area contributed by atoms with Gasteiger partial charge in [-0.25, -0.2) is 8.42 Å². The zero-order valence-electron chi connectivity index (χ0n) is 13.0. The molecule has 0 aliphatic heterocycles. The Morgan fingerprint density at radius 1 is 1.08 bits per heavy atom. The molecule has 0 fully saturated rings. The molecule has 1 aromatic rings. The first-order valence-electron chi connectivity index (χ1n) is 7.86. The standard InChI is InChI=1S/C18H18Br2O2S2/c19-13-4-8-15(9-5-13)23-16-2-1-3-18(12-16)24(21,22)17-10-6-14(20)7-11-17/h1,3-6,8-10,12,14,16-17H,2,7,11H2/p+1. The third-order valence-corrected chi connectivity index (χ3v) is 8.85. The number of hydrogen-bond acceptors (Lipinski definition) is 2. The molecule has 3 atom stereocenters. The second kappa shape index (κ2) is 7.94. The monoisotopic (exact) mass is 489 g/mol. The van der Waals surface area contributed by atoms with Gasteiger partial charge in [-0.1, -0.05) is 50.1 Å². The van der Waals surface area contributed by atoms with Crippen molar-refractivity contribution >= 4 is 53.5 Å². The molecule has 24 heavy (non-hydrogen) atoms. The lowest BCUT2D eigenvalue weighted by atomic mass is 10.1. The molecule has 2 aliphatic carbocycles. The summed E-state index contributed by atoms with van der Waals surface area (Å²) in [7, 11) is -3.29. The number of sulfone groups is 1. The van der Waals surface area contributed by atoms with E-state index in [0.29, 0.717) is 16.2 Å². The van der Waals surface area contributed by atoms with Crippen molar-refractivity contribution in [2.45, 2.75) is 39.5 Å². The van der Waals surface area contributed by atoms with Crippen LogP contribution in [0.15, 0.2) is 68.9 Å². The predicted molar refractivity (Wildman–Crippen MR) is 111 cm³/mol. The minimum atomic E-state index is -3.29. The van der Waals surface area contributed by atoms with Crippen LogP contribution >= 0.6 is 31.9 Å². The van der Waals surface area contributed by atoms with E-state index >= 15 is 0 Å². The Hall–Kier alpha value is -0.300. The van der Waals surface area contributed by atoms with Crippen LogP contribution in [0.4, 0.5) is 0 Å². The highest BCUT2D eigenvalue weighted by Crippen LogP contribution is 2.30. The molecule has 0 bridgehead atoms. The van der Waals surface area contributed by atoms with Gasteiger partial charge < -0.3 is 0 Å². The van der Waals surface area contributed by atoms with Crippen molar-refractivity contribution in [3.63, 3.8) is 0 Å². The number of benzene rings is 1. The lowest BCUT2D eigenvalue weighted by Gasteiger charge is -2.21. The van der Waals surface area contributed by atoms with E-state index in [4.69, 9.17) is 0 Å². The fourth-order valence-electron chi connectivity index (χ4n) is 2.83. The first kappa shape index (κ1) is 18.5. The Morgan fingerprint density at radius 3 is 2.50 bits per heavy atom. The normalized spacial score (nSPS) is 27.1. The Bertz CT molecular complexity index is 780. The summed E-state index contributed by atoms with van der Waals surface area (Å²) >= 11 is 8.10. The van der Waals surface area contributed by atoms with Gasteiger partial charge in [-0.05, 0) is 49.3 Å². The van der Waals surface area contributed by atoms with Crippen LogP contribution in [0.25, 0.3) is 0 Å².